The van der Waals surface area contributed by atoms with Crippen LogP contribution in [0.1, 0.15) is 18.9 Å². The highest BCUT2D eigenvalue weighted by molar-refractivity contribution is 7.18. The van der Waals surface area contributed by atoms with Crippen molar-refractivity contribution in [2.75, 3.05) is 11.9 Å². The third kappa shape index (κ3) is 2.36. The third-order valence-corrected chi connectivity index (χ3v) is 3.13. The molecule has 0 aliphatic carbocycles. The van der Waals surface area contributed by atoms with Gasteiger partial charge in [0.15, 0.2) is 5.01 Å². The van der Waals surface area contributed by atoms with Gasteiger partial charge in [0.25, 0.3) is 0 Å². The normalized spacial score (nSPS) is 10.4. The number of aromatic nitrogens is 3. The van der Waals surface area contributed by atoms with Crippen LogP contribution < -0.4 is 5.32 Å². The molecule has 2 rings (SSSR count). The SMILES string of the molecule is CCCNc1nnc(-c2cnccc2C)s1. The number of anilines is 1. The van der Waals surface area contributed by atoms with Crippen LogP contribution in [0, 0.1) is 6.92 Å². The molecule has 0 bridgehead atoms. The molecule has 0 saturated heterocycles. The molecular weight excluding hydrogens is 220 g/mol. The van der Waals surface area contributed by atoms with Crippen molar-refractivity contribution in [3.63, 3.8) is 0 Å². The first kappa shape index (κ1) is 11.0. The lowest BCUT2D eigenvalue weighted by molar-refractivity contribution is 0.963. The zero-order chi connectivity index (χ0) is 11.4. The number of aryl methyl sites for hydroxylation is 1. The third-order valence-electron chi connectivity index (χ3n) is 2.22. The van der Waals surface area contributed by atoms with Gasteiger partial charge in [-0.1, -0.05) is 18.3 Å². The van der Waals surface area contributed by atoms with Gasteiger partial charge in [0, 0.05) is 24.5 Å². The maximum atomic E-state index is 4.17. The van der Waals surface area contributed by atoms with E-state index in [2.05, 4.69) is 34.3 Å². The van der Waals surface area contributed by atoms with E-state index in [1.165, 1.54) is 5.56 Å². The fourth-order valence-electron chi connectivity index (χ4n) is 1.32. The standard InChI is InChI=1S/C11H14N4S/c1-3-5-13-11-15-14-10(16-11)9-7-12-6-4-8(9)2/h4,6-7H,3,5H2,1-2H3,(H,13,15). The first-order valence-corrected chi connectivity index (χ1v) is 6.11. The summed E-state index contributed by atoms with van der Waals surface area (Å²) in [6, 6.07) is 1.98. The summed E-state index contributed by atoms with van der Waals surface area (Å²) in [6.45, 7) is 5.11. The molecule has 0 atom stereocenters. The maximum absolute atomic E-state index is 4.17. The largest absolute Gasteiger partial charge is 0.360 e. The van der Waals surface area contributed by atoms with Crippen LogP contribution in [-0.2, 0) is 0 Å². The Kier molecular flexibility index (Phi) is 3.46. The van der Waals surface area contributed by atoms with Gasteiger partial charge in [0.2, 0.25) is 5.13 Å². The van der Waals surface area contributed by atoms with E-state index in [0.717, 1.165) is 28.7 Å². The second kappa shape index (κ2) is 5.03. The van der Waals surface area contributed by atoms with E-state index in [0.29, 0.717) is 0 Å². The van der Waals surface area contributed by atoms with Crippen molar-refractivity contribution in [2.24, 2.45) is 0 Å². The lowest BCUT2D eigenvalue weighted by Gasteiger charge is -1.98. The second-order valence-electron chi connectivity index (χ2n) is 3.53. The van der Waals surface area contributed by atoms with Crippen molar-refractivity contribution < 1.29 is 0 Å². The van der Waals surface area contributed by atoms with E-state index in [4.69, 9.17) is 0 Å². The fourth-order valence-corrected chi connectivity index (χ4v) is 2.17. The molecule has 0 aliphatic rings. The van der Waals surface area contributed by atoms with Gasteiger partial charge in [-0.25, -0.2) is 0 Å². The number of rotatable bonds is 4. The number of nitrogens with zero attached hydrogens (tertiary/aromatic N) is 3. The topological polar surface area (TPSA) is 50.7 Å². The van der Waals surface area contributed by atoms with E-state index in [1.54, 1.807) is 17.5 Å². The molecule has 4 nitrogen and oxygen atoms in total. The number of nitrogens with one attached hydrogen (secondary N) is 1. The number of hydrogen-bond acceptors (Lipinski definition) is 5. The predicted octanol–water partition coefficient (Wildman–Crippen LogP) is 2.73. The van der Waals surface area contributed by atoms with Gasteiger partial charge in [-0.05, 0) is 25.0 Å². The molecule has 0 amide bonds. The van der Waals surface area contributed by atoms with Crippen LogP contribution in [0.25, 0.3) is 10.6 Å². The molecule has 0 aliphatic heterocycles. The molecule has 0 saturated carbocycles. The van der Waals surface area contributed by atoms with Gasteiger partial charge >= 0.3 is 0 Å². The maximum Gasteiger partial charge on any atom is 0.206 e. The number of pyridine rings is 1. The van der Waals surface area contributed by atoms with Gasteiger partial charge in [0.1, 0.15) is 0 Å². The highest BCUT2D eigenvalue weighted by Crippen LogP contribution is 2.27. The molecule has 5 heteroatoms. The fraction of sp³-hybridized carbons (Fsp3) is 0.364. The summed E-state index contributed by atoms with van der Waals surface area (Å²) in [5, 5.41) is 13.3. The Balaban J connectivity index is 2.22. The first-order valence-electron chi connectivity index (χ1n) is 5.29. The number of hydrogen-bond donors (Lipinski definition) is 1. The summed E-state index contributed by atoms with van der Waals surface area (Å²) in [7, 11) is 0. The van der Waals surface area contributed by atoms with Crippen LogP contribution in [0.4, 0.5) is 5.13 Å². The molecule has 2 aromatic rings. The predicted molar refractivity (Wildman–Crippen MR) is 66.7 cm³/mol. The minimum atomic E-state index is 0.875. The lowest BCUT2D eigenvalue weighted by Crippen LogP contribution is -1.98. The molecular formula is C11H14N4S. The minimum absolute atomic E-state index is 0.875. The van der Waals surface area contributed by atoms with Gasteiger partial charge in [-0.2, -0.15) is 0 Å². The highest BCUT2D eigenvalue weighted by atomic mass is 32.1. The Morgan fingerprint density at radius 1 is 1.38 bits per heavy atom. The highest BCUT2D eigenvalue weighted by Gasteiger charge is 2.08. The van der Waals surface area contributed by atoms with E-state index in [1.807, 2.05) is 12.3 Å². The molecule has 84 valence electrons. The van der Waals surface area contributed by atoms with Crippen molar-refractivity contribution in [3.8, 4) is 10.6 Å². The zero-order valence-electron chi connectivity index (χ0n) is 9.40. The van der Waals surface area contributed by atoms with Crippen molar-refractivity contribution in [3.05, 3.63) is 24.0 Å². The van der Waals surface area contributed by atoms with Crippen LogP contribution in [0.15, 0.2) is 18.5 Å². The Morgan fingerprint density at radius 3 is 3.00 bits per heavy atom. The quantitative estimate of drug-likeness (QED) is 0.883. The van der Waals surface area contributed by atoms with Crippen molar-refractivity contribution in [1.82, 2.24) is 15.2 Å². The minimum Gasteiger partial charge on any atom is -0.360 e. The Hall–Kier alpha value is -1.49. The van der Waals surface area contributed by atoms with Crippen molar-refractivity contribution in [1.29, 1.82) is 0 Å². The van der Waals surface area contributed by atoms with Crippen LogP contribution in [0.5, 0.6) is 0 Å². The Morgan fingerprint density at radius 2 is 2.25 bits per heavy atom. The molecule has 0 fully saturated rings. The summed E-state index contributed by atoms with van der Waals surface area (Å²) in [5.41, 5.74) is 2.23. The Labute approximate surface area is 98.8 Å². The second-order valence-corrected chi connectivity index (χ2v) is 4.51. The molecule has 16 heavy (non-hydrogen) atoms. The van der Waals surface area contributed by atoms with E-state index in [9.17, 15) is 0 Å². The summed E-state index contributed by atoms with van der Waals surface area (Å²) in [4.78, 5) is 4.11. The lowest BCUT2D eigenvalue weighted by atomic mass is 10.2. The van der Waals surface area contributed by atoms with Crippen molar-refractivity contribution >= 4 is 16.5 Å². The van der Waals surface area contributed by atoms with Gasteiger partial charge in [-0.15, -0.1) is 10.2 Å². The van der Waals surface area contributed by atoms with E-state index in [-0.39, 0.29) is 0 Å². The molecule has 1 N–H and O–H groups in total. The van der Waals surface area contributed by atoms with Gasteiger partial charge in [0.05, 0.1) is 0 Å². The smallest absolute Gasteiger partial charge is 0.206 e. The molecule has 0 aromatic carbocycles. The van der Waals surface area contributed by atoms with E-state index < -0.39 is 0 Å². The molecule has 2 heterocycles. The molecule has 0 spiro atoms. The van der Waals surface area contributed by atoms with Crippen molar-refractivity contribution in [2.45, 2.75) is 20.3 Å². The summed E-state index contributed by atoms with van der Waals surface area (Å²) >= 11 is 1.57. The monoisotopic (exact) mass is 234 g/mol. The van der Waals surface area contributed by atoms with Gasteiger partial charge < -0.3 is 5.32 Å². The van der Waals surface area contributed by atoms with Crippen LogP contribution >= 0.6 is 11.3 Å². The average Bonchev–Trinajstić information content (AvgIpc) is 2.75. The van der Waals surface area contributed by atoms with E-state index >= 15 is 0 Å². The summed E-state index contributed by atoms with van der Waals surface area (Å²) in [6.07, 6.45) is 4.70. The van der Waals surface area contributed by atoms with Crippen LogP contribution in [0.2, 0.25) is 0 Å². The first-order chi connectivity index (χ1) is 7.81. The summed E-state index contributed by atoms with van der Waals surface area (Å²) in [5.74, 6) is 0. The van der Waals surface area contributed by atoms with Gasteiger partial charge in [-0.3, -0.25) is 4.98 Å². The zero-order valence-corrected chi connectivity index (χ0v) is 10.2. The summed E-state index contributed by atoms with van der Waals surface area (Å²) < 4.78 is 0. The molecule has 2 aromatic heterocycles. The Bertz CT molecular complexity index is 467. The average molecular weight is 234 g/mol. The van der Waals surface area contributed by atoms with Crippen LogP contribution in [0.3, 0.4) is 0 Å². The molecule has 0 unspecified atom stereocenters. The van der Waals surface area contributed by atoms with Crippen LogP contribution in [-0.4, -0.2) is 21.7 Å². The molecule has 0 radical (unpaired) electrons.